The highest BCUT2D eigenvalue weighted by Gasteiger charge is 2.41. The second-order valence-corrected chi connectivity index (χ2v) is 7.75. The van der Waals surface area contributed by atoms with Crippen LogP contribution >= 0.6 is 0 Å². The van der Waals surface area contributed by atoms with E-state index in [9.17, 15) is 0 Å². The van der Waals surface area contributed by atoms with E-state index in [-0.39, 0.29) is 0 Å². The van der Waals surface area contributed by atoms with Crippen molar-refractivity contribution in [3.8, 4) is 0 Å². The van der Waals surface area contributed by atoms with E-state index in [1.807, 2.05) is 0 Å². The zero-order chi connectivity index (χ0) is 15.9. The molecule has 0 spiro atoms. The Labute approximate surface area is 134 Å². The van der Waals surface area contributed by atoms with Crippen LogP contribution in [0, 0.1) is 17.3 Å². The molecule has 0 bridgehead atoms. The van der Waals surface area contributed by atoms with E-state index in [0.717, 1.165) is 11.8 Å². The van der Waals surface area contributed by atoms with Gasteiger partial charge in [0.05, 0.1) is 0 Å². The molecule has 21 heavy (non-hydrogen) atoms. The maximum atomic E-state index is 3.86. The summed E-state index contributed by atoms with van der Waals surface area (Å²) in [6, 6.07) is 0.702. The summed E-state index contributed by atoms with van der Waals surface area (Å²) in [5.74, 6) is 1.71. The monoisotopic (exact) mass is 296 g/mol. The highest BCUT2D eigenvalue weighted by atomic mass is 15.1. The Kier molecular flexibility index (Phi) is 8.26. The van der Waals surface area contributed by atoms with Crippen molar-refractivity contribution in [3.63, 3.8) is 0 Å². The number of nitrogens with zero attached hydrogens (tertiary/aromatic N) is 1. The van der Waals surface area contributed by atoms with Gasteiger partial charge in [0.1, 0.15) is 0 Å². The minimum absolute atomic E-state index is 0.466. The molecule has 2 atom stereocenters. The Balaban J connectivity index is 2.60. The van der Waals surface area contributed by atoms with Gasteiger partial charge in [0.2, 0.25) is 0 Å². The topological polar surface area (TPSA) is 15.3 Å². The first-order chi connectivity index (χ1) is 9.98. The standard InChI is InChI=1S/C19H40N2/c1-7-13-20-18-17(11-12-19(18,5)6)15-21(10-4)14-16(8-2)9-3/h16-18,20H,7-15H2,1-6H3. The molecular weight excluding hydrogens is 256 g/mol. The van der Waals surface area contributed by atoms with E-state index >= 15 is 0 Å². The van der Waals surface area contributed by atoms with Crippen molar-refractivity contribution in [3.05, 3.63) is 0 Å². The molecule has 1 saturated carbocycles. The molecule has 0 aromatic heterocycles. The van der Waals surface area contributed by atoms with E-state index in [0.29, 0.717) is 11.5 Å². The fraction of sp³-hybridized carbons (Fsp3) is 1.00. The normalized spacial score (nSPS) is 25.1. The van der Waals surface area contributed by atoms with Gasteiger partial charge in [0.15, 0.2) is 0 Å². The predicted molar refractivity (Wildman–Crippen MR) is 94.8 cm³/mol. The lowest BCUT2D eigenvalue weighted by Gasteiger charge is -2.35. The third-order valence-corrected chi connectivity index (χ3v) is 5.70. The quantitative estimate of drug-likeness (QED) is 0.636. The highest BCUT2D eigenvalue weighted by molar-refractivity contribution is 4.97. The van der Waals surface area contributed by atoms with Crippen molar-refractivity contribution in [2.24, 2.45) is 17.3 Å². The molecule has 0 heterocycles. The first kappa shape index (κ1) is 19.0. The van der Waals surface area contributed by atoms with Crippen LogP contribution in [0.4, 0.5) is 0 Å². The Morgan fingerprint density at radius 1 is 1.14 bits per heavy atom. The molecule has 2 heteroatoms. The van der Waals surface area contributed by atoms with Crippen molar-refractivity contribution in [1.82, 2.24) is 10.2 Å². The van der Waals surface area contributed by atoms with Crippen LogP contribution in [0.2, 0.25) is 0 Å². The molecule has 1 aliphatic carbocycles. The van der Waals surface area contributed by atoms with Gasteiger partial charge in [0.25, 0.3) is 0 Å². The maximum absolute atomic E-state index is 3.86. The Morgan fingerprint density at radius 3 is 2.33 bits per heavy atom. The summed E-state index contributed by atoms with van der Waals surface area (Å²) in [7, 11) is 0. The highest BCUT2D eigenvalue weighted by Crippen LogP contribution is 2.41. The largest absolute Gasteiger partial charge is 0.313 e. The lowest BCUT2D eigenvalue weighted by molar-refractivity contribution is 0.168. The molecule has 0 amide bonds. The molecule has 0 radical (unpaired) electrons. The average molecular weight is 297 g/mol. The van der Waals surface area contributed by atoms with Crippen molar-refractivity contribution in [2.75, 3.05) is 26.2 Å². The Bertz CT molecular complexity index is 271. The zero-order valence-electron chi connectivity index (χ0n) is 15.5. The molecular formula is C19H40N2. The molecule has 1 N–H and O–H groups in total. The molecule has 2 unspecified atom stereocenters. The Morgan fingerprint density at radius 2 is 1.81 bits per heavy atom. The van der Waals surface area contributed by atoms with E-state index in [1.165, 1.54) is 58.3 Å². The van der Waals surface area contributed by atoms with Crippen LogP contribution in [-0.2, 0) is 0 Å². The van der Waals surface area contributed by atoms with Crippen LogP contribution in [0.1, 0.15) is 73.6 Å². The van der Waals surface area contributed by atoms with Gasteiger partial charge in [0, 0.05) is 19.1 Å². The van der Waals surface area contributed by atoms with Crippen molar-refractivity contribution in [1.29, 1.82) is 0 Å². The lowest BCUT2D eigenvalue weighted by atomic mass is 9.84. The van der Waals surface area contributed by atoms with Crippen LogP contribution in [-0.4, -0.2) is 37.1 Å². The minimum Gasteiger partial charge on any atom is -0.313 e. The number of rotatable bonds is 10. The smallest absolute Gasteiger partial charge is 0.0159 e. The third kappa shape index (κ3) is 5.56. The molecule has 0 saturated heterocycles. The first-order valence-corrected chi connectivity index (χ1v) is 9.44. The van der Waals surface area contributed by atoms with Gasteiger partial charge >= 0.3 is 0 Å². The average Bonchev–Trinajstić information content (AvgIpc) is 2.75. The summed E-state index contributed by atoms with van der Waals surface area (Å²) in [4.78, 5) is 2.71. The molecule has 1 fully saturated rings. The SMILES string of the molecule is CCCNC1C(CN(CC)CC(CC)CC)CCC1(C)C. The summed E-state index contributed by atoms with van der Waals surface area (Å²) < 4.78 is 0. The van der Waals surface area contributed by atoms with Gasteiger partial charge in [-0.3, -0.25) is 0 Å². The number of hydrogen-bond donors (Lipinski definition) is 1. The van der Waals surface area contributed by atoms with E-state index < -0.39 is 0 Å². The summed E-state index contributed by atoms with van der Waals surface area (Å²) >= 11 is 0. The van der Waals surface area contributed by atoms with Crippen LogP contribution in [0.15, 0.2) is 0 Å². The molecule has 0 aliphatic heterocycles. The molecule has 2 nitrogen and oxygen atoms in total. The van der Waals surface area contributed by atoms with Crippen LogP contribution in [0.25, 0.3) is 0 Å². The van der Waals surface area contributed by atoms with Crippen LogP contribution in [0.3, 0.4) is 0 Å². The predicted octanol–water partition coefficient (Wildman–Crippen LogP) is 4.55. The summed E-state index contributed by atoms with van der Waals surface area (Å²) in [6.45, 7) is 19.1. The van der Waals surface area contributed by atoms with Crippen LogP contribution in [0.5, 0.6) is 0 Å². The minimum atomic E-state index is 0.466. The van der Waals surface area contributed by atoms with Gasteiger partial charge in [-0.1, -0.05) is 54.4 Å². The van der Waals surface area contributed by atoms with Gasteiger partial charge in [-0.15, -0.1) is 0 Å². The van der Waals surface area contributed by atoms with Crippen molar-refractivity contribution in [2.45, 2.75) is 79.7 Å². The third-order valence-electron chi connectivity index (χ3n) is 5.70. The van der Waals surface area contributed by atoms with E-state index in [4.69, 9.17) is 0 Å². The van der Waals surface area contributed by atoms with Gasteiger partial charge in [-0.05, 0) is 49.6 Å². The maximum Gasteiger partial charge on any atom is 0.0159 e. The first-order valence-electron chi connectivity index (χ1n) is 9.44. The fourth-order valence-corrected chi connectivity index (χ4v) is 4.03. The van der Waals surface area contributed by atoms with E-state index in [1.54, 1.807) is 0 Å². The molecule has 1 aliphatic rings. The van der Waals surface area contributed by atoms with Crippen LogP contribution < -0.4 is 5.32 Å². The molecule has 1 rings (SSSR count). The lowest BCUT2D eigenvalue weighted by Crippen LogP contribution is -2.46. The second-order valence-electron chi connectivity index (χ2n) is 7.75. The van der Waals surface area contributed by atoms with Gasteiger partial charge in [-0.2, -0.15) is 0 Å². The van der Waals surface area contributed by atoms with E-state index in [2.05, 4.69) is 51.8 Å². The van der Waals surface area contributed by atoms with Crippen molar-refractivity contribution >= 4 is 0 Å². The zero-order valence-corrected chi connectivity index (χ0v) is 15.5. The molecule has 0 aromatic rings. The molecule has 0 aromatic carbocycles. The Hall–Kier alpha value is -0.0800. The fourth-order valence-electron chi connectivity index (χ4n) is 4.03. The summed E-state index contributed by atoms with van der Waals surface area (Å²) in [5, 5.41) is 3.86. The van der Waals surface area contributed by atoms with Gasteiger partial charge in [-0.25, -0.2) is 0 Å². The van der Waals surface area contributed by atoms with Gasteiger partial charge < -0.3 is 10.2 Å². The summed E-state index contributed by atoms with van der Waals surface area (Å²) in [5.41, 5.74) is 0.466. The molecule has 126 valence electrons. The summed E-state index contributed by atoms with van der Waals surface area (Å²) in [6.07, 6.45) is 6.65. The number of hydrogen-bond acceptors (Lipinski definition) is 2. The number of nitrogens with one attached hydrogen (secondary N) is 1. The van der Waals surface area contributed by atoms with Crippen molar-refractivity contribution < 1.29 is 0 Å². The second kappa shape index (κ2) is 9.15.